The molecule has 1 saturated heterocycles. The number of fused-ring (bicyclic) bond motifs is 1. The van der Waals surface area contributed by atoms with Gasteiger partial charge in [-0.25, -0.2) is 0 Å². The molecule has 3 aromatic rings. The molecule has 0 aliphatic carbocycles. The van der Waals surface area contributed by atoms with Crippen LogP contribution in [0.25, 0.3) is 17.0 Å². The fourth-order valence-electron chi connectivity index (χ4n) is 3.10. The Morgan fingerprint density at radius 3 is 2.62 bits per heavy atom. The van der Waals surface area contributed by atoms with Gasteiger partial charge in [0.15, 0.2) is 0 Å². The van der Waals surface area contributed by atoms with Crippen LogP contribution in [0.4, 0.5) is 4.79 Å². The predicted molar refractivity (Wildman–Crippen MR) is 114 cm³/mol. The number of carbonyl (C=O) groups excluding carboxylic acids is 3. The first-order chi connectivity index (χ1) is 14.0. The highest BCUT2D eigenvalue weighted by Crippen LogP contribution is 2.29. The molecular formula is C21H16ClN3O3S. The van der Waals surface area contributed by atoms with E-state index in [0.29, 0.717) is 16.5 Å². The van der Waals surface area contributed by atoms with Crippen LogP contribution in [0, 0.1) is 0 Å². The lowest BCUT2D eigenvalue weighted by Crippen LogP contribution is -2.26. The number of imide groups is 1. The maximum atomic E-state index is 12.5. The average molecular weight is 426 g/mol. The van der Waals surface area contributed by atoms with E-state index in [-0.39, 0.29) is 17.7 Å². The molecule has 8 heteroatoms. The molecule has 0 saturated carbocycles. The van der Waals surface area contributed by atoms with Crippen LogP contribution in [0.1, 0.15) is 11.1 Å². The van der Waals surface area contributed by atoms with Gasteiger partial charge in [-0.1, -0.05) is 41.9 Å². The Kier molecular flexibility index (Phi) is 5.42. The van der Waals surface area contributed by atoms with Crippen molar-refractivity contribution in [2.24, 2.45) is 0 Å². The van der Waals surface area contributed by atoms with Gasteiger partial charge in [0.25, 0.3) is 11.1 Å². The molecule has 1 fully saturated rings. The van der Waals surface area contributed by atoms with E-state index in [2.05, 4.69) is 10.6 Å². The van der Waals surface area contributed by atoms with Gasteiger partial charge in [0.1, 0.15) is 6.54 Å². The molecule has 3 amide bonds. The number of benzene rings is 2. The lowest BCUT2D eigenvalue weighted by molar-refractivity contribution is -0.121. The van der Waals surface area contributed by atoms with E-state index in [1.54, 1.807) is 18.2 Å². The smallest absolute Gasteiger partial charge is 0.290 e. The van der Waals surface area contributed by atoms with Crippen molar-refractivity contribution < 1.29 is 14.4 Å². The zero-order chi connectivity index (χ0) is 20.4. The van der Waals surface area contributed by atoms with E-state index in [9.17, 15) is 14.4 Å². The van der Waals surface area contributed by atoms with Crippen LogP contribution in [0.2, 0.25) is 5.02 Å². The van der Waals surface area contributed by atoms with Gasteiger partial charge in [-0.3, -0.25) is 19.7 Å². The lowest BCUT2D eigenvalue weighted by atomic mass is 10.1. The highest BCUT2D eigenvalue weighted by molar-refractivity contribution is 8.18. The number of aromatic nitrogens is 1. The molecule has 1 aliphatic heterocycles. The van der Waals surface area contributed by atoms with Gasteiger partial charge < -0.3 is 9.88 Å². The molecule has 29 heavy (non-hydrogen) atoms. The van der Waals surface area contributed by atoms with Crippen LogP contribution in [-0.4, -0.2) is 21.6 Å². The van der Waals surface area contributed by atoms with Crippen molar-refractivity contribution in [2.75, 3.05) is 0 Å². The first-order valence-corrected chi connectivity index (χ1v) is 10.0. The maximum Gasteiger partial charge on any atom is 0.290 e. The van der Waals surface area contributed by atoms with Crippen molar-refractivity contribution in [1.29, 1.82) is 0 Å². The molecule has 4 rings (SSSR count). The van der Waals surface area contributed by atoms with Crippen molar-refractivity contribution in [3.63, 3.8) is 0 Å². The van der Waals surface area contributed by atoms with E-state index >= 15 is 0 Å². The third-order valence-corrected chi connectivity index (χ3v) is 5.53. The Morgan fingerprint density at radius 2 is 1.90 bits per heavy atom. The summed E-state index contributed by atoms with van der Waals surface area (Å²) in [6, 6.07) is 14.9. The summed E-state index contributed by atoms with van der Waals surface area (Å²) < 4.78 is 1.83. The highest BCUT2D eigenvalue weighted by Gasteiger charge is 2.25. The molecular weight excluding hydrogens is 410 g/mol. The molecule has 0 radical (unpaired) electrons. The van der Waals surface area contributed by atoms with E-state index in [0.717, 1.165) is 33.8 Å². The van der Waals surface area contributed by atoms with E-state index in [1.165, 1.54) is 0 Å². The highest BCUT2D eigenvalue weighted by atomic mass is 35.5. The normalized spacial score (nSPS) is 15.1. The van der Waals surface area contributed by atoms with Gasteiger partial charge in [0.05, 0.1) is 4.91 Å². The molecule has 0 bridgehead atoms. The fourth-order valence-corrected chi connectivity index (χ4v) is 3.90. The Hall–Kier alpha value is -3.03. The minimum Gasteiger partial charge on any atom is -0.350 e. The number of para-hydroxylation sites is 1. The van der Waals surface area contributed by atoms with E-state index in [4.69, 9.17) is 11.6 Å². The minimum absolute atomic E-state index is 0.134. The van der Waals surface area contributed by atoms with Crippen LogP contribution in [0.15, 0.2) is 59.6 Å². The number of nitrogens with one attached hydrogen (secondary N) is 2. The molecule has 6 nitrogen and oxygen atoms in total. The first-order valence-electron chi connectivity index (χ1n) is 8.83. The van der Waals surface area contributed by atoms with Crippen molar-refractivity contribution in [1.82, 2.24) is 15.2 Å². The number of halogens is 1. The molecule has 2 heterocycles. The Morgan fingerprint density at radius 1 is 1.14 bits per heavy atom. The topological polar surface area (TPSA) is 80.2 Å². The van der Waals surface area contributed by atoms with Crippen molar-refractivity contribution in [3.8, 4) is 0 Å². The second-order valence-corrected chi connectivity index (χ2v) is 7.94. The van der Waals surface area contributed by atoms with Crippen LogP contribution >= 0.6 is 23.4 Å². The molecule has 1 aromatic heterocycles. The summed E-state index contributed by atoms with van der Waals surface area (Å²) in [6.07, 6.45) is 3.49. The number of thioether (sulfide) groups is 1. The molecule has 0 atom stereocenters. The minimum atomic E-state index is -0.405. The Bertz CT molecular complexity index is 1150. The number of hydrogen-bond donors (Lipinski definition) is 2. The van der Waals surface area contributed by atoms with Crippen LogP contribution in [0.5, 0.6) is 0 Å². The third kappa shape index (κ3) is 4.36. The summed E-state index contributed by atoms with van der Waals surface area (Å²) in [5.74, 6) is -0.541. The van der Waals surface area contributed by atoms with Crippen molar-refractivity contribution >= 4 is 57.4 Å². The standard InChI is InChI=1S/C21H16ClN3O3S/c22-15-7-5-13(6-8-15)10-23-19(26)12-25-11-14(16-3-1-2-4-17(16)25)9-18-20(27)24-21(28)29-18/h1-9,11H,10,12H2,(H,23,26)(H,24,27,28)/b18-9+. The van der Waals surface area contributed by atoms with Gasteiger partial charge >= 0.3 is 0 Å². The second-order valence-electron chi connectivity index (χ2n) is 6.48. The van der Waals surface area contributed by atoms with Crippen molar-refractivity contribution in [2.45, 2.75) is 13.1 Å². The van der Waals surface area contributed by atoms with Crippen molar-refractivity contribution in [3.05, 3.63) is 75.8 Å². The predicted octanol–water partition coefficient (Wildman–Crippen LogP) is 3.94. The summed E-state index contributed by atoms with van der Waals surface area (Å²) in [7, 11) is 0. The third-order valence-electron chi connectivity index (χ3n) is 4.46. The quantitative estimate of drug-likeness (QED) is 0.607. The van der Waals surface area contributed by atoms with Gasteiger partial charge in [-0.2, -0.15) is 0 Å². The van der Waals surface area contributed by atoms with Gasteiger partial charge in [0.2, 0.25) is 5.91 Å². The van der Waals surface area contributed by atoms with Gasteiger partial charge in [0, 0.05) is 34.2 Å². The summed E-state index contributed by atoms with van der Waals surface area (Å²) >= 11 is 6.75. The fraction of sp³-hybridized carbons (Fsp3) is 0.0952. The number of nitrogens with zero attached hydrogens (tertiary/aromatic N) is 1. The van der Waals surface area contributed by atoms with E-state index < -0.39 is 5.91 Å². The summed E-state index contributed by atoms with van der Waals surface area (Å²) in [5.41, 5.74) is 2.61. The molecule has 146 valence electrons. The maximum absolute atomic E-state index is 12.5. The summed E-state index contributed by atoms with van der Waals surface area (Å²) in [4.78, 5) is 36.0. The largest absolute Gasteiger partial charge is 0.350 e. The number of carbonyl (C=O) groups is 3. The molecule has 0 unspecified atom stereocenters. The Labute approximate surface area is 175 Å². The van der Waals surface area contributed by atoms with E-state index in [1.807, 2.05) is 47.2 Å². The molecule has 2 aromatic carbocycles. The monoisotopic (exact) mass is 425 g/mol. The number of hydrogen-bond acceptors (Lipinski definition) is 4. The first kappa shape index (κ1) is 19.3. The zero-order valence-electron chi connectivity index (χ0n) is 15.1. The van der Waals surface area contributed by atoms with Crippen LogP contribution < -0.4 is 10.6 Å². The zero-order valence-corrected chi connectivity index (χ0v) is 16.7. The van der Waals surface area contributed by atoms with Crippen LogP contribution in [-0.2, 0) is 22.7 Å². The number of amides is 3. The second kappa shape index (κ2) is 8.14. The van der Waals surface area contributed by atoms with Gasteiger partial charge in [-0.05, 0) is 41.6 Å². The average Bonchev–Trinajstić information content (AvgIpc) is 3.21. The van der Waals surface area contributed by atoms with Crippen LogP contribution in [0.3, 0.4) is 0 Å². The summed E-state index contributed by atoms with van der Waals surface area (Å²) in [6.45, 7) is 0.542. The summed E-state index contributed by atoms with van der Waals surface area (Å²) in [5, 5.41) is 6.31. The Balaban J connectivity index is 1.54. The van der Waals surface area contributed by atoms with Gasteiger partial charge in [-0.15, -0.1) is 0 Å². The molecule has 2 N–H and O–H groups in total. The lowest BCUT2D eigenvalue weighted by Gasteiger charge is -2.07. The SMILES string of the molecule is O=C(Cn1cc(/C=C2/SC(=O)NC2=O)c2ccccc21)NCc1ccc(Cl)cc1. The number of rotatable bonds is 5. The molecule has 1 aliphatic rings. The molecule has 0 spiro atoms.